The van der Waals surface area contributed by atoms with Gasteiger partial charge in [-0.1, -0.05) is 61.9 Å². The monoisotopic (exact) mass is 350 g/mol. The Labute approximate surface area is 152 Å². The zero-order chi connectivity index (χ0) is 18.2. The van der Waals surface area contributed by atoms with Gasteiger partial charge in [0.1, 0.15) is 0 Å². The predicted octanol–water partition coefficient (Wildman–Crippen LogP) is 3.42. The number of hydrogen-bond acceptors (Lipinski definition) is 5. The second-order valence-electron chi connectivity index (χ2n) is 6.07. The first-order valence-corrected chi connectivity index (χ1v) is 8.82. The fraction of sp³-hybridized carbons (Fsp3) is 0.300. The van der Waals surface area contributed by atoms with Crippen LogP contribution in [-0.2, 0) is 24.3 Å². The van der Waals surface area contributed by atoms with Gasteiger partial charge in [0.05, 0.1) is 5.56 Å². The van der Waals surface area contributed by atoms with Crippen molar-refractivity contribution in [2.75, 3.05) is 0 Å². The Kier molecular flexibility index (Phi) is 6.09. The van der Waals surface area contributed by atoms with Crippen LogP contribution in [0.4, 0.5) is 0 Å². The van der Waals surface area contributed by atoms with Crippen molar-refractivity contribution < 1.29 is 9.53 Å². The van der Waals surface area contributed by atoms with Crippen LogP contribution in [0.1, 0.15) is 47.1 Å². The Hall–Kier alpha value is -3.02. The van der Waals surface area contributed by atoms with E-state index in [4.69, 9.17) is 4.74 Å². The summed E-state index contributed by atoms with van der Waals surface area (Å²) in [6.07, 6.45) is 2.71. The third-order valence-electron chi connectivity index (χ3n) is 4.14. The molecule has 6 nitrogen and oxygen atoms in total. The standard InChI is InChI=1S/C20H22N4O2/c1-2-3-13-24-19(21-22-23-24)15-26-20(25)18-12-8-7-11-17(18)14-16-9-5-4-6-10-16/h4-12H,2-3,13-15H2,1H3. The number of unbranched alkanes of at least 4 members (excludes halogenated alkanes) is 1. The van der Waals surface area contributed by atoms with E-state index < -0.39 is 0 Å². The lowest BCUT2D eigenvalue weighted by atomic mass is 10.00. The Morgan fingerprint density at radius 1 is 1.08 bits per heavy atom. The maximum absolute atomic E-state index is 12.6. The lowest BCUT2D eigenvalue weighted by Gasteiger charge is -2.10. The molecule has 26 heavy (non-hydrogen) atoms. The maximum Gasteiger partial charge on any atom is 0.338 e. The van der Waals surface area contributed by atoms with Gasteiger partial charge in [-0.2, -0.15) is 0 Å². The molecule has 0 aliphatic rings. The van der Waals surface area contributed by atoms with Crippen molar-refractivity contribution in [1.29, 1.82) is 0 Å². The van der Waals surface area contributed by atoms with Gasteiger partial charge in [-0.25, -0.2) is 9.48 Å². The van der Waals surface area contributed by atoms with E-state index in [1.807, 2.05) is 48.5 Å². The van der Waals surface area contributed by atoms with Crippen molar-refractivity contribution in [1.82, 2.24) is 20.2 Å². The van der Waals surface area contributed by atoms with Gasteiger partial charge in [-0.15, -0.1) is 5.10 Å². The molecule has 0 aliphatic heterocycles. The van der Waals surface area contributed by atoms with Crippen molar-refractivity contribution >= 4 is 5.97 Å². The van der Waals surface area contributed by atoms with Crippen molar-refractivity contribution in [3.05, 3.63) is 77.1 Å². The summed E-state index contributed by atoms with van der Waals surface area (Å²) in [6, 6.07) is 17.6. The summed E-state index contributed by atoms with van der Waals surface area (Å²) in [5.41, 5.74) is 2.66. The van der Waals surface area contributed by atoms with E-state index in [-0.39, 0.29) is 12.6 Å². The number of carbonyl (C=O) groups excluding carboxylic acids is 1. The first-order chi connectivity index (χ1) is 12.8. The number of benzene rings is 2. The number of tetrazole rings is 1. The summed E-state index contributed by atoms with van der Waals surface area (Å²) in [6.45, 7) is 2.89. The van der Waals surface area contributed by atoms with Crippen molar-refractivity contribution in [2.24, 2.45) is 0 Å². The fourth-order valence-corrected chi connectivity index (χ4v) is 2.71. The molecule has 0 spiro atoms. The molecule has 3 rings (SSSR count). The highest BCUT2D eigenvalue weighted by molar-refractivity contribution is 5.91. The van der Waals surface area contributed by atoms with Crippen LogP contribution in [0.2, 0.25) is 0 Å². The molecule has 0 aliphatic carbocycles. The molecule has 0 saturated carbocycles. The van der Waals surface area contributed by atoms with Crippen LogP contribution >= 0.6 is 0 Å². The molecule has 0 fully saturated rings. The first-order valence-electron chi connectivity index (χ1n) is 8.82. The van der Waals surface area contributed by atoms with Crippen LogP contribution in [0, 0.1) is 0 Å². The van der Waals surface area contributed by atoms with E-state index >= 15 is 0 Å². The van der Waals surface area contributed by atoms with Gasteiger partial charge in [-0.05, 0) is 40.5 Å². The highest BCUT2D eigenvalue weighted by atomic mass is 16.5. The van der Waals surface area contributed by atoms with Gasteiger partial charge in [-0.3, -0.25) is 0 Å². The van der Waals surface area contributed by atoms with E-state index in [0.717, 1.165) is 30.5 Å². The second kappa shape index (κ2) is 8.89. The van der Waals surface area contributed by atoms with Crippen LogP contribution in [0.3, 0.4) is 0 Å². The normalized spacial score (nSPS) is 10.7. The molecule has 134 valence electrons. The van der Waals surface area contributed by atoms with Gasteiger partial charge in [0.15, 0.2) is 12.4 Å². The summed E-state index contributed by atoms with van der Waals surface area (Å²) in [5.74, 6) is 0.203. The summed E-state index contributed by atoms with van der Waals surface area (Å²) in [5, 5.41) is 11.6. The lowest BCUT2D eigenvalue weighted by Crippen LogP contribution is -2.12. The molecule has 6 heteroatoms. The zero-order valence-electron chi connectivity index (χ0n) is 14.8. The molecule has 0 amide bonds. The van der Waals surface area contributed by atoms with Crippen molar-refractivity contribution in [3.63, 3.8) is 0 Å². The Morgan fingerprint density at radius 3 is 2.65 bits per heavy atom. The number of esters is 1. The minimum atomic E-state index is -0.360. The van der Waals surface area contributed by atoms with E-state index in [0.29, 0.717) is 17.8 Å². The minimum absolute atomic E-state index is 0.0647. The third-order valence-corrected chi connectivity index (χ3v) is 4.14. The Morgan fingerprint density at radius 2 is 1.85 bits per heavy atom. The zero-order valence-corrected chi connectivity index (χ0v) is 14.8. The predicted molar refractivity (Wildman–Crippen MR) is 97.5 cm³/mol. The lowest BCUT2D eigenvalue weighted by molar-refractivity contribution is 0.0455. The Balaban J connectivity index is 1.68. The number of rotatable bonds is 8. The largest absolute Gasteiger partial charge is 0.454 e. The van der Waals surface area contributed by atoms with Crippen molar-refractivity contribution in [2.45, 2.75) is 39.3 Å². The van der Waals surface area contributed by atoms with E-state index in [1.165, 1.54) is 0 Å². The molecule has 0 radical (unpaired) electrons. The molecule has 0 saturated heterocycles. The molecule has 2 aromatic carbocycles. The number of carbonyl (C=O) groups is 1. The molecule has 0 bridgehead atoms. The van der Waals surface area contributed by atoms with E-state index in [9.17, 15) is 4.79 Å². The number of nitrogens with zero attached hydrogens (tertiary/aromatic N) is 4. The molecule has 0 N–H and O–H groups in total. The van der Waals surface area contributed by atoms with Gasteiger partial charge >= 0.3 is 5.97 Å². The highest BCUT2D eigenvalue weighted by Gasteiger charge is 2.15. The third kappa shape index (κ3) is 4.53. The van der Waals surface area contributed by atoms with E-state index in [1.54, 1.807) is 10.7 Å². The average Bonchev–Trinajstić information content (AvgIpc) is 3.13. The summed E-state index contributed by atoms with van der Waals surface area (Å²) in [7, 11) is 0. The molecule has 1 heterocycles. The summed E-state index contributed by atoms with van der Waals surface area (Å²) < 4.78 is 7.16. The van der Waals surface area contributed by atoms with Crippen LogP contribution in [0.15, 0.2) is 54.6 Å². The number of aromatic nitrogens is 4. The summed E-state index contributed by atoms with van der Waals surface area (Å²) >= 11 is 0. The van der Waals surface area contributed by atoms with Gasteiger partial charge < -0.3 is 4.74 Å². The number of aryl methyl sites for hydroxylation is 1. The maximum atomic E-state index is 12.6. The van der Waals surface area contributed by atoms with Crippen LogP contribution in [-0.4, -0.2) is 26.2 Å². The molecule has 0 atom stereocenters. The van der Waals surface area contributed by atoms with Gasteiger partial charge in [0.25, 0.3) is 0 Å². The fourth-order valence-electron chi connectivity index (χ4n) is 2.71. The van der Waals surface area contributed by atoms with Gasteiger partial charge in [0, 0.05) is 6.54 Å². The Bertz CT molecular complexity index is 846. The molecule has 0 unspecified atom stereocenters. The first kappa shape index (κ1) is 17.8. The molecule has 3 aromatic rings. The SMILES string of the molecule is CCCCn1nnnc1COC(=O)c1ccccc1Cc1ccccc1. The molecule has 1 aromatic heterocycles. The quantitative estimate of drug-likeness (QED) is 0.582. The van der Waals surface area contributed by atoms with Crippen LogP contribution < -0.4 is 0 Å². The topological polar surface area (TPSA) is 69.9 Å². The minimum Gasteiger partial charge on any atom is -0.454 e. The highest BCUT2D eigenvalue weighted by Crippen LogP contribution is 2.16. The van der Waals surface area contributed by atoms with Crippen LogP contribution in [0.25, 0.3) is 0 Å². The number of hydrogen-bond donors (Lipinski definition) is 0. The number of ether oxygens (including phenoxy) is 1. The van der Waals surface area contributed by atoms with Crippen molar-refractivity contribution in [3.8, 4) is 0 Å². The smallest absolute Gasteiger partial charge is 0.338 e. The summed E-state index contributed by atoms with van der Waals surface area (Å²) in [4.78, 5) is 12.6. The average molecular weight is 350 g/mol. The van der Waals surface area contributed by atoms with E-state index in [2.05, 4.69) is 22.4 Å². The second-order valence-corrected chi connectivity index (χ2v) is 6.07. The molecular formula is C20H22N4O2. The van der Waals surface area contributed by atoms with Gasteiger partial charge in [0.2, 0.25) is 0 Å². The van der Waals surface area contributed by atoms with Crippen LogP contribution in [0.5, 0.6) is 0 Å². The molecular weight excluding hydrogens is 328 g/mol.